The minimum atomic E-state index is -1.55. The van der Waals surface area contributed by atoms with Crippen molar-refractivity contribution in [1.82, 2.24) is 5.32 Å². The van der Waals surface area contributed by atoms with Crippen LogP contribution in [0.4, 0.5) is 0 Å². The maximum absolute atomic E-state index is 13.2. The second-order valence-corrected chi connectivity index (χ2v) is 25.7. The van der Waals surface area contributed by atoms with Crippen LogP contribution in [0.5, 0.6) is 0 Å². The molecule has 6 N–H and O–H groups in total. The fraction of sp³-hybridized carbons (Fsp3) is 0.932. The Labute approximate surface area is 509 Å². The first-order valence-electron chi connectivity index (χ1n) is 36.5. The Morgan fingerprint density at radius 3 is 1.05 bits per heavy atom. The van der Waals surface area contributed by atoms with Crippen LogP contribution in [0.2, 0.25) is 0 Å². The Bertz CT molecular complexity index is 1340. The second kappa shape index (κ2) is 62.7. The van der Waals surface area contributed by atoms with Gasteiger partial charge < -0.3 is 40.3 Å². The van der Waals surface area contributed by atoms with Crippen molar-refractivity contribution < 1.29 is 39.8 Å². The van der Waals surface area contributed by atoms with Gasteiger partial charge in [0.1, 0.15) is 24.4 Å². The minimum absolute atomic E-state index is 0.132. The van der Waals surface area contributed by atoms with Gasteiger partial charge in [0.05, 0.1) is 25.4 Å². The molecular weight excluding hydrogens is 1020 g/mol. The predicted molar refractivity (Wildman–Crippen MR) is 350 cm³/mol. The number of nitrogens with one attached hydrogen (secondary N) is 1. The van der Waals surface area contributed by atoms with Crippen LogP contribution in [-0.2, 0) is 14.3 Å². The smallest absolute Gasteiger partial charge is 0.220 e. The van der Waals surface area contributed by atoms with Gasteiger partial charge in [0, 0.05) is 6.42 Å². The van der Waals surface area contributed by atoms with Crippen molar-refractivity contribution in [3.63, 3.8) is 0 Å². The molecule has 9 nitrogen and oxygen atoms in total. The molecule has 0 bridgehead atoms. The van der Waals surface area contributed by atoms with Crippen molar-refractivity contribution in [3.8, 4) is 0 Å². The molecule has 1 aliphatic rings. The number of ether oxygens (including phenoxy) is 2. The van der Waals surface area contributed by atoms with Crippen LogP contribution in [-0.4, -0.2) is 87.5 Å². The highest BCUT2D eigenvalue weighted by molar-refractivity contribution is 5.76. The van der Waals surface area contributed by atoms with Crippen molar-refractivity contribution in [2.24, 2.45) is 0 Å². The molecule has 82 heavy (non-hydrogen) atoms. The molecule has 1 aliphatic heterocycles. The molecule has 1 heterocycles. The highest BCUT2D eigenvalue weighted by atomic mass is 16.7. The molecule has 0 radical (unpaired) electrons. The van der Waals surface area contributed by atoms with Gasteiger partial charge in [-0.15, -0.1) is 0 Å². The number of aliphatic hydroxyl groups is 5. The van der Waals surface area contributed by atoms with Crippen molar-refractivity contribution in [1.29, 1.82) is 0 Å². The Hall–Kier alpha value is -1.33. The van der Waals surface area contributed by atoms with Crippen LogP contribution in [0.3, 0.4) is 0 Å². The molecule has 7 atom stereocenters. The summed E-state index contributed by atoms with van der Waals surface area (Å²) in [7, 11) is 0. The van der Waals surface area contributed by atoms with Crippen molar-refractivity contribution in [2.45, 2.75) is 423 Å². The molecular formula is C73H141NO8. The normalized spacial score (nSPS) is 18.4. The van der Waals surface area contributed by atoms with E-state index in [1.54, 1.807) is 0 Å². The van der Waals surface area contributed by atoms with Gasteiger partial charge in [-0.05, 0) is 44.9 Å². The molecule has 0 spiro atoms. The quantitative estimate of drug-likeness (QED) is 0.0261. The molecule has 1 rings (SSSR count). The van der Waals surface area contributed by atoms with Gasteiger partial charge in [0.15, 0.2) is 6.29 Å². The zero-order valence-corrected chi connectivity index (χ0v) is 54.5. The largest absolute Gasteiger partial charge is 0.394 e. The van der Waals surface area contributed by atoms with Gasteiger partial charge in [-0.25, -0.2) is 0 Å². The van der Waals surface area contributed by atoms with Gasteiger partial charge in [-0.2, -0.15) is 0 Å². The Balaban J connectivity index is 2.08. The molecule has 0 aromatic heterocycles. The van der Waals surface area contributed by atoms with Crippen LogP contribution in [0.25, 0.3) is 0 Å². The zero-order chi connectivity index (χ0) is 59.3. The van der Waals surface area contributed by atoms with Gasteiger partial charge in [0.2, 0.25) is 5.91 Å². The molecule has 1 fully saturated rings. The number of hydrogen-bond acceptors (Lipinski definition) is 8. The predicted octanol–water partition coefficient (Wildman–Crippen LogP) is 20.0. The summed E-state index contributed by atoms with van der Waals surface area (Å²) < 4.78 is 11.4. The lowest BCUT2D eigenvalue weighted by Gasteiger charge is -2.40. The Morgan fingerprint density at radius 2 is 0.720 bits per heavy atom. The van der Waals surface area contributed by atoms with Crippen LogP contribution >= 0.6 is 0 Å². The van der Waals surface area contributed by atoms with Crippen molar-refractivity contribution in [2.75, 3.05) is 13.2 Å². The average molecular weight is 1160 g/mol. The van der Waals surface area contributed by atoms with Crippen molar-refractivity contribution in [3.05, 3.63) is 24.3 Å². The molecule has 9 heteroatoms. The number of allylic oxidation sites excluding steroid dienone is 4. The minimum Gasteiger partial charge on any atom is -0.394 e. The SMILES string of the molecule is CCCCCCC/C=C\C/C=C\CCCCCCCCCCCCCCCCCCCCCCCC(=O)NC(COC1OC(CO)C(O)C(O)C1O)C(O)CCCCCCCCCCCCCCCCCCCCCCCCCCCC. The summed E-state index contributed by atoms with van der Waals surface area (Å²) in [5, 5.41) is 55.0. The van der Waals surface area contributed by atoms with Crippen molar-refractivity contribution >= 4 is 5.91 Å². The van der Waals surface area contributed by atoms with E-state index in [0.717, 1.165) is 44.9 Å². The zero-order valence-electron chi connectivity index (χ0n) is 54.5. The number of unbranched alkanes of at least 4 members (excludes halogenated alkanes) is 51. The summed E-state index contributed by atoms with van der Waals surface area (Å²) in [4.78, 5) is 13.2. The van der Waals surface area contributed by atoms with Crippen LogP contribution in [0.15, 0.2) is 24.3 Å². The molecule has 7 unspecified atom stereocenters. The number of carbonyl (C=O) groups excluding carboxylic acids is 1. The van der Waals surface area contributed by atoms with E-state index >= 15 is 0 Å². The third kappa shape index (κ3) is 50.8. The molecule has 0 aromatic carbocycles. The highest BCUT2D eigenvalue weighted by Crippen LogP contribution is 2.24. The highest BCUT2D eigenvalue weighted by Gasteiger charge is 2.44. The maximum Gasteiger partial charge on any atom is 0.220 e. The van der Waals surface area contributed by atoms with E-state index in [0.29, 0.717) is 12.8 Å². The monoisotopic (exact) mass is 1160 g/mol. The lowest BCUT2D eigenvalue weighted by atomic mass is 9.99. The molecule has 486 valence electrons. The summed E-state index contributed by atoms with van der Waals surface area (Å²) in [6, 6.07) is -0.718. The molecule has 1 amide bonds. The first-order chi connectivity index (χ1) is 40.3. The summed E-state index contributed by atoms with van der Waals surface area (Å²) in [6.45, 7) is 3.89. The summed E-state index contributed by atoms with van der Waals surface area (Å²) >= 11 is 0. The molecule has 0 saturated carbocycles. The third-order valence-electron chi connectivity index (χ3n) is 17.8. The van der Waals surface area contributed by atoms with Gasteiger partial charge in [-0.3, -0.25) is 4.79 Å². The second-order valence-electron chi connectivity index (χ2n) is 25.7. The van der Waals surface area contributed by atoms with Crippen LogP contribution in [0.1, 0.15) is 380 Å². The van der Waals surface area contributed by atoms with E-state index in [1.165, 1.54) is 308 Å². The lowest BCUT2D eigenvalue weighted by Crippen LogP contribution is -2.60. The first kappa shape index (κ1) is 78.7. The standard InChI is InChI=1S/C73H141NO8/c1-3-5-7-9-11-13-15-17-19-21-23-25-27-29-31-32-33-34-35-36-37-39-41-43-45-47-49-51-53-55-57-59-61-63-69(77)74-66(65-81-73-72(80)71(79)70(78)68(64-75)82-73)67(76)62-60-58-56-54-52-50-48-46-44-42-40-38-30-28-26-24-22-20-18-16-14-12-10-8-6-4-2/h15,17,21,23,66-68,70-73,75-76,78-80H,3-14,16,18-20,22,24-65H2,1-2H3,(H,74,77)/b17-15-,23-21-. The molecule has 0 aromatic rings. The molecule has 1 saturated heterocycles. The lowest BCUT2D eigenvalue weighted by molar-refractivity contribution is -0.302. The van der Waals surface area contributed by atoms with E-state index in [9.17, 15) is 30.3 Å². The average Bonchev–Trinajstić information content (AvgIpc) is 3.57. The van der Waals surface area contributed by atoms with E-state index in [2.05, 4.69) is 43.5 Å². The van der Waals surface area contributed by atoms with Crippen LogP contribution in [0, 0.1) is 0 Å². The van der Waals surface area contributed by atoms with Gasteiger partial charge >= 0.3 is 0 Å². The number of carbonyl (C=O) groups is 1. The Kier molecular flexibility index (Phi) is 60.2. The maximum atomic E-state index is 13.2. The van der Waals surface area contributed by atoms with E-state index in [-0.39, 0.29) is 12.5 Å². The number of aliphatic hydroxyl groups excluding tert-OH is 5. The summed E-state index contributed by atoms with van der Waals surface area (Å²) in [6.07, 6.45) is 75.4. The number of hydrogen-bond donors (Lipinski definition) is 6. The number of amides is 1. The number of rotatable bonds is 65. The molecule has 0 aliphatic carbocycles. The van der Waals surface area contributed by atoms with E-state index in [1.807, 2.05) is 0 Å². The summed E-state index contributed by atoms with van der Waals surface area (Å²) in [5.74, 6) is -0.135. The fourth-order valence-electron chi connectivity index (χ4n) is 12.1. The fourth-order valence-corrected chi connectivity index (χ4v) is 12.1. The van der Waals surface area contributed by atoms with E-state index < -0.39 is 49.5 Å². The topological polar surface area (TPSA) is 149 Å². The van der Waals surface area contributed by atoms with Gasteiger partial charge in [-0.1, -0.05) is 353 Å². The van der Waals surface area contributed by atoms with E-state index in [4.69, 9.17) is 9.47 Å². The van der Waals surface area contributed by atoms with Gasteiger partial charge in [0.25, 0.3) is 0 Å². The first-order valence-corrected chi connectivity index (χ1v) is 36.5. The third-order valence-corrected chi connectivity index (χ3v) is 17.8. The summed E-state index contributed by atoms with van der Waals surface area (Å²) in [5.41, 5.74) is 0. The van der Waals surface area contributed by atoms with Crippen LogP contribution < -0.4 is 5.32 Å². The Morgan fingerprint density at radius 1 is 0.415 bits per heavy atom.